The number of alkyl halides is 3. The zero-order chi connectivity index (χ0) is 14.1. The number of rotatable bonds is 5. The molecule has 0 aromatic rings. The van der Waals surface area contributed by atoms with Crippen LogP contribution >= 0.6 is 0 Å². The van der Waals surface area contributed by atoms with E-state index in [2.05, 4.69) is 5.32 Å². The summed E-state index contributed by atoms with van der Waals surface area (Å²) in [5.74, 6) is -4.42. The highest BCUT2D eigenvalue weighted by atomic mass is 19.4. The first-order valence-electron chi connectivity index (χ1n) is 5.06. The van der Waals surface area contributed by atoms with E-state index >= 15 is 0 Å². The van der Waals surface area contributed by atoms with Crippen LogP contribution in [0.15, 0.2) is 0 Å². The molecule has 1 atom stereocenters. The molecule has 0 heterocycles. The fourth-order valence-electron chi connectivity index (χ4n) is 0.917. The molecule has 0 rings (SSSR count). The Morgan fingerprint density at radius 1 is 1.24 bits per heavy atom. The lowest BCUT2D eigenvalue weighted by Crippen LogP contribution is -2.58. The van der Waals surface area contributed by atoms with Crippen molar-refractivity contribution in [1.29, 1.82) is 0 Å². The molecule has 0 aromatic carbocycles. The number of carboxylic acids is 1. The molecule has 7 heteroatoms. The highest BCUT2D eigenvalue weighted by molar-refractivity contribution is 5.71. The molecule has 0 radical (unpaired) electrons. The molecular weight excluding hydrogens is 239 g/mol. The van der Waals surface area contributed by atoms with E-state index in [1.807, 2.05) is 0 Å². The second-order valence-electron chi connectivity index (χ2n) is 5.00. The van der Waals surface area contributed by atoms with Gasteiger partial charge >= 0.3 is 12.1 Å². The number of carboxylic acid groups (broad SMARTS) is 1. The molecule has 0 spiro atoms. The molecule has 1 unspecified atom stereocenters. The Labute approximate surface area is 97.8 Å². The minimum absolute atomic E-state index is 0.782. The van der Waals surface area contributed by atoms with Crippen molar-refractivity contribution in [3.8, 4) is 0 Å². The van der Waals surface area contributed by atoms with Gasteiger partial charge in [0.25, 0.3) is 0 Å². The minimum Gasteiger partial charge on any atom is -0.481 e. The Morgan fingerprint density at radius 2 is 1.65 bits per heavy atom. The third kappa shape index (κ3) is 4.51. The van der Waals surface area contributed by atoms with Crippen LogP contribution in [-0.2, 0) is 4.79 Å². The number of halogens is 3. The van der Waals surface area contributed by atoms with Crippen molar-refractivity contribution >= 4 is 5.97 Å². The van der Waals surface area contributed by atoms with Crippen LogP contribution in [0.1, 0.15) is 27.7 Å². The smallest absolute Gasteiger partial charge is 0.403 e. The van der Waals surface area contributed by atoms with Gasteiger partial charge in [0.15, 0.2) is 5.92 Å². The molecular formula is C10H18F3NO3. The molecule has 0 aliphatic heterocycles. The Hall–Kier alpha value is -0.820. The number of carbonyl (C=O) groups is 1. The van der Waals surface area contributed by atoms with Gasteiger partial charge in [0.1, 0.15) is 0 Å². The Bertz CT molecular complexity index is 282. The lowest BCUT2D eigenvalue weighted by atomic mass is 9.85. The van der Waals surface area contributed by atoms with Gasteiger partial charge in [0.05, 0.1) is 5.60 Å². The number of hydrogen-bond acceptors (Lipinski definition) is 3. The molecule has 0 saturated carbocycles. The third-order valence-electron chi connectivity index (χ3n) is 2.97. The highest BCUT2D eigenvalue weighted by Gasteiger charge is 2.46. The van der Waals surface area contributed by atoms with Gasteiger partial charge in [-0.3, -0.25) is 4.79 Å². The first-order chi connectivity index (χ1) is 7.29. The molecule has 0 saturated heterocycles. The molecule has 0 aromatic heterocycles. The predicted molar refractivity (Wildman–Crippen MR) is 55.6 cm³/mol. The Kier molecular flexibility index (Phi) is 4.58. The molecule has 3 N–H and O–H groups in total. The van der Waals surface area contributed by atoms with Crippen LogP contribution in [0.3, 0.4) is 0 Å². The Morgan fingerprint density at radius 3 is 1.88 bits per heavy atom. The van der Waals surface area contributed by atoms with Crippen molar-refractivity contribution in [2.75, 3.05) is 6.54 Å². The normalized spacial score (nSPS) is 15.8. The van der Waals surface area contributed by atoms with Crippen molar-refractivity contribution in [3.63, 3.8) is 0 Å². The van der Waals surface area contributed by atoms with Gasteiger partial charge < -0.3 is 15.5 Å². The van der Waals surface area contributed by atoms with E-state index in [4.69, 9.17) is 5.11 Å². The fourth-order valence-corrected chi connectivity index (χ4v) is 0.917. The van der Waals surface area contributed by atoms with Crippen molar-refractivity contribution < 1.29 is 28.2 Å². The maximum Gasteiger partial charge on any atom is 0.403 e. The van der Waals surface area contributed by atoms with Crippen molar-refractivity contribution in [1.82, 2.24) is 5.32 Å². The summed E-state index contributed by atoms with van der Waals surface area (Å²) in [6.07, 6.45) is -4.81. The minimum atomic E-state index is -4.81. The van der Waals surface area contributed by atoms with Gasteiger partial charge in [0, 0.05) is 12.1 Å². The van der Waals surface area contributed by atoms with Crippen LogP contribution in [0.4, 0.5) is 13.2 Å². The van der Waals surface area contributed by atoms with E-state index in [0.29, 0.717) is 0 Å². The quantitative estimate of drug-likeness (QED) is 0.696. The summed E-state index contributed by atoms with van der Waals surface area (Å²) in [7, 11) is 0. The average molecular weight is 257 g/mol. The topological polar surface area (TPSA) is 69.6 Å². The lowest BCUT2D eigenvalue weighted by Gasteiger charge is -2.39. The molecule has 0 aliphatic rings. The molecule has 0 aliphatic carbocycles. The van der Waals surface area contributed by atoms with E-state index in [-0.39, 0.29) is 0 Å². The van der Waals surface area contributed by atoms with Gasteiger partial charge in [-0.25, -0.2) is 0 Å². The number of nitrogens with one attached hydrogen (secondary N) is 1. The maximum atomic E-state index is 12.4. The van der Waals surface area contributed by atoms with E-state index < -0.39 is 35.7 Å². The molecule has 17 heavy (non-hydrogen) atoms. The first kappa shape index (κ1) is 16.2. The van der Waals surface area contributed by atoms with Gasteiger partial charge in [0.2, 0.25) is 0 Å². The van der Waals surface area contributed by atoms with Crippen LogP contribution in [-0.4, -0.2) is 40.0 Å². The van der Waals surface area contributed by atoms with E-state index in [9.17, 15) is 23.1 Å². The second-order valence-corrected chi connectivity index (χ2v) is 5.00. The summed E-state index contributed by atoms with van der Waals surface area (Å²) in [5, 5.41) is 20.6. The van der Waals surface area contributed by atoms with E-state index in [0.717, 1.165) is 0 Å². The summed E-state index contributed by atoms with van der Waals surface area (Å²) >= 11 is 0. The number of aliphatic hydroxyl groups is 1. The Balaban J connectivity index is 4.70. The zero-order valence-corrected chi connectivity index (χ0v) is 10.2. The standard InChI is InChI=1S/C10H18F3NO3/c1-8(2,9(3,4)17)14-5-6(7(15)16)10(11,12)13/h6,14,17H,5H2,1-4H3,(H,15,16). The summed E-state index contributed by atoms with van der Waals surface area (Å²) in [5.41, 5.74) is -2.31. The van der Waals surface area contributed by atoms with Crippen molar-refractivity contribution in [3.05, 3.63) is 0 Å². The van der Waals surface area contributed by atoms with E-state index in [1.165, 1.54) is 27.7 Å². The van der Waals surface area contributed by atoms with Gasteiger partial charge in [-0.05, 0) is 27.7 Å². The van der Waals surface area contributed by atoms with Crippen LogP contribution in [0.2, 0.25) is 0 Å². The van der Waals surface area contributed by atoms with Crippen LogP contribution in [0.5, 0.6) is 0 Å². The van der Waals surface area contributed by atoms with Gasteiger partial charge in [-0.15, -0.1) is 0 Å². The second kappa shape index (κ2) is 4.81. The molecule has 4 nitrogen and oxygen atoms in total. The van der Waals surface area contributed by atoms with Crippen molar-refractivity contribution in [2.24, 2.45) is 5.92 Å². The fraction of sp³-hybridized carbons (Fsp3) is 0.900. The molecule has 102 valence electrons. The third-order valence-corrected chi connectivity index (χ3v) is 2.97. The van der Waals surface area contributed by atoms with Crippen molar-refractivity contribution in [2.45, 2.75) is 45.0 Å². The summed E-state index contributed by atoms with van der Waals surface area (Å²) < 4.78 is 37.1. The monoisotopic (exact) mass is 257 g/mol. The number of hydrogen-bond donors (Lipinski definition) is 3. The maximum absolute atomic E-state index is 12.4. The summed E-state index contributed by atoms with van der Waals surface area (Å²) in [4.78, 5) is 10.5. The van der Waals surface area contributed by atoms with Gasteiger partial charge in [-0.2, -0.15) is 13.2 Å². The predicted octanol–water partition coefficient (Wildman–Crippen LogP) is 1.39. The average Bonchev–Trinajstić information content (AvgIpc) is 1.97. The van der Waals surface area contributed by atoms with Crippen LogP contribution in [0.25, 0.3) is 0 Å². The zero-order valence-electron chi connectivity index (χ0n) is 10.2. The van der Waals surface area contributed by atoms with E-state index in [1.54, 1.807) is 0 Å². The lowest BCUT2D eigenvalue weighted by molar-refractivity contribution is -0.193. The molecule has 0 amide bonds. The summed E-state index contributed by atoms with van der Waals surface area (Å²) in [6, 6.07) is 0. The van der Waals surface area contributed by atoms with Crippen LogP contribution < -0.4 is 5.32 Å². The highest BCUT2D eigenvalue weighted by Crippen LogP contribution is 2.27. The first-order valence-corrected chi connectivity index (χ1v) is 5.06. The van der Waals surface area contributed by atoms with Gasteiger partial charge in [-0.1, -0.05) is 0 Å². The summed E-state index contributed by atoms with van der Waals surface area (Å²) in [6.45, 7) is 5.09. The SMILES string of the molecule is CC(C)(O)C(C)(C)NCC(C(=O)O)C(F)(F)F. The molecule has 0 fully saturated rings. The molecule has 0 bridgehead atoms. The van der Waals surface area contributed by atoms with Crippen LogP contribution in [0, 0.1) is 5.92 Å². The largest absolute Gasteiger partial charge is 0.481 e. The number of aliphatic carboxylic acids is 1.